The Bertz CT molecular complexity index is 682. The number of ether oxygens (including phenoxy) is 1. The molecule has 4 heteroatoms. The van der Waals surface area contributed by atoms with Crippen molar-refractivity contribution in [2.24, 2.45) is 5.92 Å². The van der Waals surface area contributed by atoms with Crippen LogP contribution in [0.1, 0.15) is 36.2 Å². The minimum atomic E-state index is -0.386. The summed E-state index contributed by atoms with van der Waals surface area (Å²) in [6.07, 6.45) is 3.79. The zero-order valence-corrected chi connectivity index (χ0v) is 12.8. The van der Waals surface area contributed by atoms with E-state index in [0.29, 0.717) is 0 Å². The first-order chi connectivity index (χ1) is 11.2. The number of benzene rings is 2. The summed E-state index contributed by atoms with van der Waals surface area (Å²) in [5.41, 5.74) is 2.22. The zero-order chi connectivity index (χ0) is 16.2. The highest BCUT2D eigenvalue weighted by Crippen LogP contribution is 2.42. The Kier molecular flexibility index (Phi) is 4.53. The van der Waals surface area contributed by atoms with Crippen molar-refractivity contribution in [3.63, 3.8) is 0 Å². The van der Waals surface area contributed by atoms with Gasteiger partial charge in [-0.2, -0.15) is 0 Å². The molecule has 3 rings (SSSR count). The van der Waals surface area contributed by atoms with Crippen LogP contribution in [0.15, 0.2) is 67.3 Å². The molecule has 0 bridgehead atoms. The Balaban J connectivity index is 1.85. The molecule has 2 unspecified atom stereocenters. The van der Waals surface area contributed by atoms with Crippen LogP contribution in [0.3, 0.4) is 0 Å². The average Bonchev–Trinajstić information content (AvgIpc) is 2.62. The molecule has 4 nitrogen and oxygen atoms in total. The first-order valence-electron chi connectivity index (χ1n) is 7.76. The molecule has 2 aromatic rings. The number of hydrogen-bond donors (Lipinski definition) is 0. The second-order valence-electron chi connectivity index (χ2n) is 5.78. The molecule has 0 radical (unpaired) electrons. The highest BCUT2D eigenvalue weighted by atomic mass is 16.6. The van der Waals surface area contributed by atoms with Crippen molar-refractivity contribution in [1.29, 1.82) is 0 Å². The summed E-state index contributed by atoms with van der Waals surface area (Å²) in [4.78, 5) is 10.4. The van der Waals surface area contributed by atoms with Gasteiger partial charge in [0.25, 0.3) is 5.69 Å². The Morgan fingerprint density at radius 3 is 2.35 bits per heavy atom. The summed E-state index contributed by atoms with van der Waals surface area (Å²) in [7, 11) is 0. The predicted molar refractivity (Wildman–Crippen MR) is 89.0 cm³/mol. The number of nitro groups is 1. The first-order valence-corrected chi connectivity index (χ1v) is 7.76. The van der Waals surface area contributed by atoms with Crippen molar-refractivity contribution in [3.05, 3.63) is 88.5 Å². The van der Waals surface area contributed by atoms with E-state index in [1.807, 2.05) is 24.3 Å². The summed E-state index contributed by atoms with van der Waals surface area (Å²) in [6, 6.07) is 16.8. The maximum atomic E-state index is 10.8. The Morgan fingerprint density at radius 2 is 1.74 bits per heavy atom. The highest BCUT2D eigenvalue weighted by molar-refractivity contribution is 5.34. The van der Waals surface area contributed by atoms with E-state index in [9.17, 15) is 10.1 Å². The van der Waals surface area contributed by atoms with Crippen molar-refractivity contribution in [3.8, 4) is 0 Å². The summed E-state index contributed by atoms with van der Waals surface area (Å²) in [5.74, 6) is 0.219. The standard InChI is InChI=1S/C19H19NO3/c1-2-14-10-13-18(15-6-4-3-5-7-15)23-19(14)16-8-11-17(12-9-16)20(21)22/h2-9,11-12,14,18-19H,1,10,13H2/t14-,18?,19?/m0/s1. The van der Waals surface area contributed by atoms with Crippen LogP contribution in [-0.4, -0.2) is 4.92 Å². The van der Waals surface area contributed by atoms with Gasteiger partial charge >= 0.3 is 0 Å². The van der Waals surface area contributed by atoms with Crippen LogP contribution < -0.4 is 0 Å². The van der Waals surface area contributed by atoms with Crippen molar-refractivity contribution >= 4 is 5.69 Å². The number of non-ortho nitro benzene ring substituents is 1. The van der Waals surface area contributed by atoms with E-state index in [0.717, 1.165) is 18.4 Å². The van der Waals surface area contributed by atoms with Gasteiger partial charge in [0.15, 0.2) is 0 Å². The van der Waals surface area contributed by atoms with Crippen molar-refractivity contribution in [1.82, 2.24) is 0 Å². The Labute approximate surface area is 135 Å². The van der Waals surface area contributed by atoms with Gasteiger partial charge < -0.3 is 4.74 Å². The molecular weight excluding hydrogens is 290 g/mol. The summed E-state index contributed by atoms with van der Waals surface area (Å²) in [5, 5.41) is 10.8. The van der Waals surface area contributed by atoms with E-state index < -0.39 is 0 Å². The van der Waals surface area contributed by atoms with Crippen LogP contribution >= 0.6 is 0 Å². The maximum absolute atomic E-state index is 10.8. The van der Waals surface area contributed by atoms with Gasteiger partial charge in [0, 0.05) is 18.1 Å². The molecule has 3 atom stereocenters. The largest absolute Gasteiger partial charge is 0.365 e. The normalized spacial score (nSPS) is 24.1. The van der Waals surface area contributed by atoms with Crippen LogP contribution in [0.5, 0.6) is 0 Å². The Morgan fingerprint density at radius 1 is 1.04 bits per heavy atom. The molecule has 0 saturated carbocycles. The van der Waals surface area contributed by atoms with Crippen LogP contribution in [0.4, 0.5) is 5.69 Å². The predicted octanol–water partition coefficient (Wildman–Crippen LogP) is 4.99. The van der Waals surface area contributed by atoms with Crippen molar-refractivity contribution in [2.45, 2.75) is 25.0 Å². The second-order valence-corrected chi connectivity index (χ2v) is 5.78. The van der Waals surface area contributed by atoms with Gasteiger partial charge in [-0.3, -0.25) is 10.1 Å². The molecule has 23 heavy (non-hydrogen) atoms. The van der Waals surface area contributed by atoms with Crippen LogP contribution in [0, 0.1) is 16.0 Å². The lowest BCUT2D eigenvalue weighted by Crippen LogP contribution is -2.23. The molecule has 1 aliphatic heterocycles. The molecule has 1 saturated heterocycles. The number of rotatable bonds is 4. The van der Waals surface area contributed by atoms with Crippen LogP contribution in [0.2, 0.25) is 0 Å². The van der Waals surface area contributed by atoms with Crippen LogP contribution in [0.25, 0.3) is 0 Å². The lowest BCUT2D eigenvalue weighted by Gasteiger charge is -2.35. The number of nitrogens with zero attached hydrogens (tertiary/aromatic N) is 1. The molecule has 0 aliphatic carbocycles. The van der Waals surface area contributed by atoms with E-state index >= 15 is 0 Å². The fourth-order valence-corrected chi connectivity index (χ4v) is 3.11. The fraction of sp³-hybridized carbons (Fsp3) is 0.263. The van der Waals surface area contributed by atoms with Gasteiger partial charge in [-0.25, -0.2) is 0 Å². The second kappa shape index (κ2) is 6.75. The molecule has 0 amide bonds. The van der Waals surface area contributed by atoms with E-state index in [4.69, 9.17) is 4.74 Å². The number of nitro benzene ring substituents is 1. The maximum Gasteiger partial charge on any atom is 0.269 e. The topological polar surface area (TPSA) is 52.4 Å². The first kappa shape index (κ1) is 15.4. The van der Waals surface area contributed by atoms with E-state index in [1.165, 1.54) is 17.7 Å². The SMILES string of the molecule is C=C[C@H]1CCC(c2ccccc2)OC1c1ccc([N+](=O)[O-])cc1. The van der Waals surface area contributed by atoms with Crippen molar-refractivity contribution < 1.29 is 9.66 Å². The van der Waals surface area contributed by atoms with E-state index in [1.54, 1.807) is 12.1 Å². The molecule has 0 spiro atoms. The summed E-state index contributed by atoms with van der Waals surface area (Å²) < 4.78 is 6.32. The summed E-state index contributed by atoms with van der Waals surface area (Å²) >= 11 is 0. The quantitative estimate of drug-likeness (QED) is 0.454. The minimum absolute atomic E-state index is 0.0487. The molecule has 1 fully saturated rings. The lowest BCUT2D eigenvalue weighted by atomic mass is 9.86. The van der Waals surface area contributed by atoms with Gasteiger partial charge in [-0.15, -0.1) is 6.58 Å². The smallest absolute Gasteiger partial charge is 0.269 e. The molecule has 2 aromatic carbocycles. The molecule has 0 aromatic heterocycles. The molecule has 118 valence electrons. The average molecular weight is 309 g/mol. The minimum Gasteiger partial charge on any atom is -0.365 e. The monoisotopic (exact) mass is 309 g/mol. The fourth-order valence-electron chi connectivity index (χ4n) is 3.11. The highest BCUT2D eigenvalue weighted by Gasteiger charge is 2.31. The van der Waals surface area contributed by atoms with Gasteiger partial charge in [-0.1, -0.05) is 36.4 Å². The third-order valence-electron chi connectivity index (χ3n) is 4.37. The van der Waals surface area contributed by atoms with Gasteiger partial charge in [0.2, 0.25) is 0 Å². The van der Waals surface area contributed by atoms with Gasteiger partial charge in [0.1, 0.15) is 0 Å². The number of hydrogen-bond acceptors (Lipinski definition) is 3. The van der Waals surface area contributed by atoms with Crippen molar-refractivity contribution in [2.75, 3.05) is 0 Å². The molecule has 1 heterocycles. The third-order valence-corrected chi connectivity index (χ3v) is 4.37. The Hall–Kier alpha value is -2.46. The van der Waals surface area contributed by atoms with E-state index in [2.05, 4.69) is 18.7 Å². The van der Waals surface area contributed by atoms with E-state index in [-0.39, 0.29) is 28.7 Å². The van der Waals surface area contributed by atoms with Gasteiger partial charge in [0.05, 0.1) is 17.1 Å². The zero-order valence-electron chi connectivity index (χ0n) is 12.8. The lowest BCUT2D eigenvalue weighted by molar-refractivity contribution is -0.384. The molecule has 1 aliphatic rings. The van der Waals surface area contributed by atoms with Crippen LogP contribution in [-0.2, 0) is 4.74 Å². The van der Waals surface area contributed by atoms with Gasteiger partial charge in [-0.05, 0) is 36.1 Å². The third kappa shape index (κ3) is 3.32. The molecule has 0 N–H and O–H groups in total. The summed E-state index contributed by atoms with van der Waals surface area (Å²) in [6.45, 7) is 3.92. The molecular formula is C19H19NO3.